The summed E-state index contributed by atoms with van der Waals surface area (Å²) in [5, 5.41) is 39.5. The van der Waals surface area contributed by atoms with E-state index in [4.69, 9.17) is 9.84 Å². The van der Waals surface area contributed by atoms with E-state index < -0.39 is 24.0 Å². The lowest BCUT2D eigenvalue weighted by Gasteiger charge is -2.18. The number of carbonyl (C=O) groups is 2. The Labute approximate surface area is 245 Å². The van der Waals surface area contributed by atoms with Gasteiger partial charge in [-0.25, -0.2) is 9.59 Å². The van der Waals surface area contributed by atoms with Gasteiger partial charge in [0, 0.05) is 53.6 Å². The van der Waals surface area contributed by atoms with E-state index in [1.54, 1.807) is 12.4 Å². The second-order valence-corrected chi connectivity index (χ2v) is 9.77. The monoisotopic (exact) mass is 588 g/mol. The number of nitrogens with zero attached hydrogens (tertiary/aromatic N) is 3. The quantitative estimate of drug-likeness (QED) is 0.0782. The third-order valence-electron chi connectivity index (χ3n) is 6.80. The van der Waals surface area contributed by atoms with Crippen molar-refractivity contribution in [2.75, 3.05) is 42.3 Å². The van der Waals surface area contributed by atoms with Crippen LogP contribution >= 0.6 is 0 Å². The number of nitrogens with one attached hydrogen (secondary N) is 5. The number of aromatic amines is 2. The van der Waals surface area contributed by atoms with Crippen molar-refractivity contribution in [3.05, 3.63) is 72.1 Å². The minimum atomic E-state index is -1.12. The Bertz CT molecular complexity index is 1590. The SMILES string of the molecule is O=C(O)[C@H](Cc1c[nH]c2ccccc12)Nc1nc(NCCOCCO)nc(N[C@@H](Cc2c[nH]c3ccccc23)C(=O)O)n1. The number of anilines is 3. The van der Waals surface area contributed by atoms with Gasteiger partial charge >= 0.3 is 11.9 Å². The van der Waals surface area contributed by atoms with Crippen LogP contribution in [-0.2, 0) is 27.2 Å². The molecule has 0 spiro atoms. The molecule has 3 heterocycles. The molecule has 2 atom stereocenters. The first kappa shape index (κ1) is 29.3. The molecule has 0 saturated heterocycles. The molecule has 0 amide bonds. The van der Waals surface area contributed by atoms with Crippen molar-refractivity contribution < 1.29 is 29.6 Å². The maximum Gasteiger partial charge on any atom is 0.326 e. The summed E-state index contributed by atoms with van der Waals surface area (Å²) >= 11 is 0. The zero-order chi connectivity index (χ0) is 30.2. The van der Waals surface area contributed by atoms with Crippen molar-refractivity contribution >= 4 is 51.6 Å². The highest BCUT2D eigenvalue weighted by Crippen LogP contribution is 2.22. The fourth-order valence-electron chi connectivity index (χ4n) is 4.74. The number of aliphatic hydroxyl groups is 1. The largest absolute Gasteiger partial charge is 0.480 e. The summed E-state index contributed by atoms with van der Waals surface area (Å²) in [5.41, 5.74) is 3.37. The highest BCUT2D eigenvalue weighted by atomic mass is 16.5. The van der Waals surface area contributed by atoms with E-state index in [0.29, 0.717) is 0 Å². The fourth-order valence-corrected chi connectivity index (χ4v) is 4.74. The molecule has 14 nitrogen and oxygen atoms in total. The molecule has 0 aliphatic rings. The van der Waals surface area contributed by atoms with Crippen molar-refractivity contribution in [1.82, 2.24) is 24.9 Å². The molecular formula is C29H32N8O6. The van der Waals surface area contributed by atoms with Gasteiger partial charge in [-0.3, -0.25) is 0 Å². The van der Waals surface area contributed by atoms with Crippen LogP contribution in [0.2, 0.25) is 0 Å². The molecule has 0 aliphatic heterocycles. The van der Waals surface area contributed by atoms with Crippen LogP contribution in [0.1, 0.15) is 11.1 Å². The summed E-state index contributed by atoms with van der Waals surface area (Å²) in [6.07, 6.45) is 3.79. The van der Waals surface area contributed by atoms with E-state index in [1.165, 1.54) is 0 Å². The number of H-pyrrole nitrogens is 2. The number of aliphatic carboxylic acids is 2. The topological polar surface area (TPSA) is 210 Å². The van der Waals surface area contributed by atoms with Crippen LogP contribution in [0.4, 0.5) is 17.8 Å². The zero-order valence-corrected chi connectivity index (χ0v) is 23.1. The van der Waals surface area contributed by atoms with E-state index >= 15 is 0 Å². The number of fused-ring (bicyclic) bond motifs is 2. The third-order valence-corrected chi connectivity index (χ3v) is 6.80. The summed E-state index contributed by atoms with van der Waals surface area (Å²) in [4.78, 5) is 43.8. The summed E-state index contributed by atoms with van der Waals surface area (Å²) in [7, 11) is 0. The Hall–Kier alpha value is -5.21. The number of rotatable bonds is 16. The van der Waals surface area contributed by atoms with Crippen LogP contribution in [0.3, 0.4) is 0 Å². The van der Waals surface area contributed by atoms with Crippen molar-refractivity contribution in [2.24, 2.45) is 0 Å². The van der Waals surface area contributed by atoms with Crippen LogP contribution in [0.5, 0.6) is 0 Å². The molecule has 0 radical (unpaired) electrons. The molecule has 0 aliphatic carbocycles. The van der Waals surface area contributed by atoms with E-state index in [-0.39, 0.29) is 57.1 Å². The molecule has 8 N–H and O–H groups in total. The van der Waals surface area contributed by atoms with Gasteiger partial charge in [0.05, 0.1) is 19.8 Å². The molecule has 0 bridgehead atoms. The number of carboxylic acids is 2. The van der Waals surface area contributed by atoms with Crippen molar-refractivity contribution in [1.29, 1.82) is 0 Å². The molecule has 2 aromatic carbocycles. The van der Waals surface area contributed by atoms with E-state index in [0.717, 1.165) is 32.9 Å². The first-order valence-corrected chi connectivity index (χ1v) is 13.7. The minimum absolute atomic E-state index is 0.0558. The Morgan fingerprint density at radius 3 is 1.72 bits per heavy atom. The Balaban J connectivity index is 1.38. The molecule has 0 unspecified atom stereocenters. The van der Waals surface area contributed by atoms with Crippen molar-refractivity contribution in [2.45, 2.75) is 24.9 Å². The Morgan fingerprint density at radius 2 is 1.23 bits per heavy atom. The standard InChI is InChI=1S/C29H32N8O6/c38-10-12-43-11-9-30-27-35-28(33-23(25(39)40)13-17-15-31-21-7-3-1-5-19(17)21)37-29(36-27)34-24(26(41)42)14-18-16-32-22-8-4-2-6-20(18)22/h1-8,15-16,23-24,31-32,38H,9-14H2,(H,39,40)(H,41,42)(H3,30,33,34,35,36,37)/t23-,24-/m0/s1. The van der Waals surface area contributed by atoms with Gasteiger partial charge in [0.1, 0.15) is 12.1 Å². The highest BCUT2D eigenvalue weighted by Gasteiger charge is 2.24. The molecule has 224 valence electrons. The van der Waals surface area contributed by atoms with Gasteiger partial charge in [-0.2, -0.15) is 15.0 Å². The maximum absolute atomic E-state index is 12.3. The van der Waals surface area contributed by atoms with E-state index in [9.17, 15) is 19.8 Å². The number of benzene rings is 2. The molecular weight excluding hydrogens is 556 g/mol. The molecule has 43 heavy (non-hydrogen) atoms. The van der Waals surface area contributed by atoms with E-state index in [1.807, 2.05) is 48.5 Å². The molecule has 14 heteroatoms. The summed E-state index contributed by atoms with van der Waals surface area (Å²) in [6, 6.07) is 13.0. The second-order valence-electron chi connectivity index (χ2n) is 9.77. The smallest absolute Gasteiger partial charge is 0.326 e. The maximum atomic E-state index is 12.3. The normalized spacial score (nSPS) is 12.7. The molecule has 0 fully saturated rings. The molecule has 5 aromatic rings. The van der Waals surface area contributed by atoms with Gasteiger partial charge in [0.25, 0.3) is 0 Å². The van der Waals surface area contributed by atoms with Crippen LogP contribution in [0.15, 0.2) is 60.9 Å². The fraction of sp³-hybridized carbons (Fsp3) is 0.276. The van der Waals surface area contributed by atoms with Crippen molar-refractivity contribution in [3.63, 3.8) is 0 Å². The number of hydrogen-bond donors (Lipinski definition) is 8. The minimum Gasteiger partial charge on any atom is -0.480 e. The summed E-state index contributed by atoms with van der Waals surface area (Å²) < 4.78 is 5.27. The number of ether oxygens (including phenoxy) is 1. The lowest BCUT2D eigenvalue weighted by Crippen LogP contribution is -2.34. The average Bonchev–Trinajstić information content (AvgIpc) is 3.60. The number of aliphatic hydroxyl groups excluding tert-OH is 1. The van der Waals surface area contributed by atoms with Crippen molar-refractivity contribution in [3.8, 4) is 0 Å². The van der Waals surface area contributed by atoms with Gasteiger partial charge in [-0.05, 0) is 23.3 Å². The molecule has 5 rings (SSSR count). The Kier molecular flexibility index (Phi) is 9.29. The predicted octanol–water partition coefficient (Wildman–Crippen LogP) is 2.47. The first-order chi connectivity index (χ1) is 20.9. The number of para-hydroxylation sites is 2. The first-order valence-electron chi connectivity index (χ1n) is 13.7. The summed E-state index contributed by atoms with van der Waals surface area (Å²) in [6.45, 7) is 0.571. The lowest BCUT2D eigenvalue weighted by atomic mass is 10.1. The predicted molar refractivity (Wildman–Crippen MR) is 160 cm³/mol. The van der Waals surface area contributed by atoms with Gasteiger partial charge in [-0.15, -0.1) is 0 Å². The van der Waals surface area contributed by atoms with Crippen LogP contribution in [-0.4, -0.2) is 90.6 Å². The van der Waals surface area contributed by atoms with Gasteiger partial charge in [0.2, 0.25) is 17.8 Å². The number of aromatic nitrogens is 5. The van der Waals surface area contributed by atoms with E-state index in [2.05, 4.69) is 40.9 Å². The highest BCUT2D eigenvalue weighted by molar-refractivity contribution is 5.86. The lowest BCUT2D eigenvalue weighted by molar-refractivity contribution is -0.138. The van der Waals surface area contributed by atoms with Gasteiger partial charge < -0.3 is 46.0 Å². The van der Waals surface area contributed by atoms with Crippen LogP contribution in [0, 0.1) is 0 Å². The zero-order valence-electron chi connectivity index (χ0n) is 23.1. The van der Waals surface area contributed by atoms with Gasteiger partial charge in [0.15, 0.2) is 0 Å². The third kappa shape index (κ3) is 7.36. The number of carboxylic acid groups (broad SMARTS) is 2. The second kappa shape index (κ2) is 13.6. The molecule has 3 aromatic heterocycles. The summed E-state index contributed by atoms with van der Waals surface area (Å²) in [5.74, 6) is -2.26. The van der Waals surface area contributed by atoms with Crippen LogP contribution < -0.4 is 16.0 Å². The Morgan fingerprint density at radius 1 is 0.744 bits per heavy atom. The van der Waals surface area contributed by atoms with Gasteiger partial charge in [-0.1, -0.05) is 36.4 Å². The average molecular weight is 589 g/mol. The molecule has 0 saturated carbocycles. The van der Waals surface area contributed by atoms with Crippen LogP contribution in [0.25, 0.3) is 21.8 Å². The number of hydrogen-bond acceptors (Lipinski definition) is 10.